The average molecular weight is 244 g/mol. The minimum Gasteiger partial charge on any atom is -0.495 e. The lowest BCUT2D eigenvalue weighted by atomic mass is 10.1. The first kappa shape index (κ1) is 12.2. The van der Waals surface area contributed by atoms with Crippen molar-refractivity contribution >= 4 is 11.5 Å². The standard InChI is InChI=1S/C13H16N4O/c1-18-12-5-3-8(6-10(12)15)11-4-2-9(7-14)13(16)17-11/h2-6H,7,14-15H2,1H3,(H2,16,17). The molecule has 5 nitrogen and oxygen atoms in total. The summed E-state index contributed by atoms with van der Waals surface area (Å²) in [7, 11) is 1.58. The third-order valence-electron chi connectivity index (χ3n) is 2.76. The molecule has 0 spiro atoms. The Bertz CT molecular complexity index is 517. The minimum atomic E-state index is 0.379. The lowest BCUT2D eigenvalue weighted by Gasteiger charge is -2.08. The first-order valence-corrected chi connectivity index (χ1v) is 5.55. The highest BCUT2D eigenvalue weighted by Gasteiger charge is 2.06. The maximum Gasteiger partial charge on any atom is 0.141 e. The highest BCUT2D eigenvalue weighted by Crippen LogP contribution is 2.28. The Balaban J connectivity index is 2.42. The molecule has 6 N–H and O–H groups in total. The van der Waals surface area contributed by atoms with Gasteiger partial charge in [-0.1, -0.05) is 6.07 Å². The van der Waals surface area contributed by atoms with E-state index in [1.54, 1.807) is 13.2 Å². The Hall–Kier alpha value is -2.27. The van der Waals surface area contributed by atoms with E-state index in [2.05, 4.69) is 4.98 Å². The number of hydrogen-bond acceptors (Lipinski definition) is 5. The summed E-state index contributed by atoms with van der Waals surface area (Å²) in [4.78, 5) is 4.31. The number of benzene rings is 1. The highest BCUT2D eigenvalue weighted by molar-refractivity contribution is 5.69. The van der Waals surface area contributed by atoms with Gasteiger partial charge in [-0.15, -0.1) is 0 Å². The summed E-state index contributed by atoms with van der Waals surface area (Å²) in [6, 6.07) is 9.25. The van der Waals surface area contributed by atoms with Crippen LogP contribution in [0.4, 0.5) is 11.5 Å². The highest BCUT2D eigenvalue weighted by atomic mass is 16.5. The van der Waals surface area contributed by atoms with Crippen molar-refractivity contribution in [3.05, 3.63) is 35.9 Å². The third kappa shape index (κ3) is 2.21. The van der Waals surface area contributed by atoms with Crippen molar-refractivity contribution in [3.8, 4) is 17.0 Å². The van der Waals surface area contributed by atoms with E-state index < -0.39 is 0 Å². The second-order valence-corrected chi connectivity index (χ2v) is 3.90. The molecule has 0 amide bonds. The first-order chi connectivity index (χ1) is 8.65. The molecule has 0 radical (unpaired) electrons. The van der Waals surface area contributed by atoms with E-state index in [0.717, 1.165) is 16.8 Å². The molecule has 0 saturated carbocycles. The van der Waals surface area contributed by atoms with E-state index in [4.69, 9.17) is 21.9 Å². The number of methoxy groups -OCH3 is 1. The quantitative estimate of drug-likeness (QED) is 0.708. The summed E-state index contributed by atoms with van der Waals surface area (Å²) in [6.07, 6.45) is 0. The van der Waals surface area contributed by atoms with Gasteiger partial charge in [0.15, 0.2) is 0 Å². The number of rotatable bonds is 3. The van der Waals surface area contributed by atoms with E-state index in [0.29, 0.717) is 23.8 Å². The van der Waals surface area contributed by atoms with Crippen LogP contribution in [0.2, 0.25) is 0 Å². The first-order valence-electron chi connectivity index (χ1n) is 5.55. The molecule has 2 aromatic rings. The number of pyridine rings is 1. The lowest BCUT2D eigenvalue weighted by molar-refractivity contribution is 0.417. The van der Waals surface area contributed by atoms with Gasteiger partial charge in [0, 0.05) is 17.7 Å². The van der Waals surface area contributed by atoms with Crippen molar-refractivity contribution in [2.75, 3.05) is 18.6 Å². The average Bonchev–Trinajstić information content (AvgIpc) is 2.38. The van der Waals surface area contributed by atoms with Crippen molar-refractivity contribution in [1.82, 2.24) is 4.98 Å². The second-order valence-electron chi connectivity index (χ2n) is 3.90. The molecule has 0 aliphatic heterocycles. The number of anilines is 2. The largest absolute Gasteiger partial charge is 0.495 e. The SMILES string of the molecule is COc1ccc(-c2ccc(CN)c(N)n2)cc1N. The fourth-order valence-corrected chi connectivity index (χ4v) is 1.73. The zero-order valence-corrected chi connectivity index (χ0v) is 10.2. The zero-order valence-electron chi connectivity index (χ0n) is 10.2. The van der Waals surface area contributed by atoms with E-state index in [-0.39, 0.29) is 0 Å². The Kier molecular flexibility index (Phi) is 3.34. The summed E-state index contributed by atoms with van der Waals surface area (Å²) in [5.74, 6) is 1.09. The fraction of sp³-hybridized carbons (Fsp3) is 0.154. The van der Waals surface area contributed by atoms with Crippen LogP contribution in [0.25, 0.3) is 11.3 Å². The number of nitrogens with zero attached hydrogens (tertiary/aromatic N) is 1. The molecular weight excluding hydrogens is 228 g/mol. The van der Waals surface area contributed by atoms with Gasteiger partial charge in [0.25, 0.3) is 0 Å². The van der Waals surface area contributed by atoms with Gasteiger partial charge in [-0.05, 0) is 24.3 Å². The molecule has 18 heavy (non-hydrogen) atoms. The Labute approximate surface area is 106 Å². The second kappa shape index (κ2) is 4.93. The van der Waals surface area contributed by atoms with E-state index >= 15 is 0 Å². The van der Waals surface area contributed by atoms with Crippen LogP contribution < -0.4 is 21.9 Å². The molecule has 0 bridgehead atoms. The van der Waals surface area contributed by atoms with Crippen molar-refractivity contribution < 1.29 is 4.74 Å². The predicted molar refractivity (Wildman–Crippen MR) is 72.9 cm³/mol. The maximum atomic E-state index is 5.86. The Morgan fingerprint density at radius 3 is 2.50 bits per heavy atom. The van der Waals surface area contributed by atoms with Gasteiger partial charge in [-0.3, -0.25) is 0 Å². The number of hydrogen-bond donors (Lipinski definition) is 3. The van der Waals surface area contributed by atoms with Gasteiger partial charge in [0.05, 0.1) is 18.5 Å². The van der Waals surface area contributed by atoms with Crippen LogP contribution in [-0.2, 0) is 6.54 Å². The van der Waals surface area contributed by atoms with Gasteiger partial charge < -0.3 is 21.9 Å². The number of nitrogens with two attached hydrogens (primary N) is 3. The van der Waals surface area contributed by atoms with Crippen molar-refractivity contribution in [2.45, 2.75) is 6.54 Å². The van der Waals surface area contributed by atoms with Crippen molar-refractivity contribution in [1.29, 1.82) is 0 Å². The fourth-order valence-electron chi connectivity index (χ4n) is 1.73. The van der Waals surface area contributed by atoms with E-state index in [9.17, 15) is 0 Å². The number of aromatic nitrogens is 1. The molecule has 1 aromatic heterocycles. The summed E-state index contributed by atoms with van der Waals surface area (Å²) in [5.41, 5.74) is 20.3. The molecule has 1 aromatic carbocycles. The van der Waals surface area contributed by atoms with Crippen molar-refractivity contribution in [3.63, 3.8) is 0 Å². The summed E-state index contributed by atoms with van der Waals surface area (Å²) >= 11 is 0. The molecule has 0 unspecified atom stereocenters. The van der Waals surface area contributed by atoms with Gasteiger partial charge in [0.2, 0.25) is 0 Å². The summed E-state index contributed by atoms with van der Waals surface area (Å²) in [5, 5.41) is 0. The molecule has 5 heteroatoms. The van der Waals surface area contributed by atoms with Gasteiger partial charge in [-0.25, -0.2) is 4.98 Å². The predicted octanol–water partition coefficient (Wildman–Crippen LogP) is 1.38. The van der Waals surface area contributed by atoms with E-state index in [1.807, 2.05) is 24.3 Å². The number of ether oxygens (including phenoxy) is 1. The molecular formula is C13H16N4O. The zero-order chi connectivity index (χ0) is 13.1. The van der Waals surface area contributed by atoms with E-state index in [1.165, 1.54) is 0 Å². The maximum absolute atomic E-state index is 5.86. The molecule has 0 aliphatic rings. The molecule has 0 atom stereocenters. The van der Waals surface area contributed by atoms with Crippen LogP contribution in [-0.4, -0.2) is 12.1 Å². The van der Waals surface area contributed by atoms with Crippen LogP contribution in [0.5, 0.6) is 5.75 Å². The Morgan fingerprint density at radius 1 is 1.17 bits per heavy atom. The summed E-state index contributed by atoms with van der Waals surface area (Å²) < 4.78 is 5.11. The topological polar surface area (TPSA) is 100 Å². The molecule has 1 heterocycles. The molecule has 0 saturated heterocycles. The smallest absolute Gasteiger partial charge is 0.141 e. The normalized spacial score (nSPS) is 10.3. The van der Waals surface area contributed by atoms with Crippen LogP contribution in [0.15, 0.2) is 30.3 Å². The van der Waals surface area contributed by atoms with Gasteiger partial charge >= 0.3 is 0 Å². The Morgan fingerprint density at radius 2 is 1.94 bits per heavy atom. The monoisotopic (exact) mass is 244 g/mol. The molecule has 94 valence electrons. The van der Waals surface area contributed by atoms with Crippen LogP contribution in [0.1, 0.15) is 5.56 Å². The van der Waals surface area contributed by atoms with Gasteiger partial charge in [0.1, 0.15) is 11.6 Å². The lowest BCUT2D eigenvalue weighted by Crippen LogP contribution is -2.04. The van der Waals surface area contributed by atoms with Crippen LogP contribution >= 0.6 is 0 Å². The van der Waals surface area contributed by atoms with Gasteiger partial charge in [-0.2, -0.15) is 0 Å². The summed E-state index contributed by atoms with van der Waals surface area (Å²) in [6.45, 7) is 0.379. The van der Waals surface area contributed by atoms with Crippen molar-refractivity contribution in [2.24, 2.45) is 5.73 Å². The van der Waals surface area contributed by atoms with Crippen LogP contribution in [0.3, 0.4) is 0 Å². The van der Waals surface area contributed by atoms with Crippen LogP contribution in [0, 0.1) is 0 Å². The molecule has 0 aliphatic carbocycles. The minimum absolute atomic E-state index is 0.379. The number of nitrogen functional groups attached to an aromatic ring is 2. The third-order valence-corrected chi connectivity index (χ3v) is 2.76. The molecule has 0 fully saturated rings. The molecule has 2 rings (SSSR count).